The topological polar surface area (TPSA) is 50.4 Å². The molecule has 1 aliphatic carbocycles. The summed E-state index contributed by atoms with van der Waals surface area (Å²) in [6, 6.07) is 0.542. The summed E-state index contributed by atoms with van der Waals surface area (Å²) in [5.74, 6) is 0.106. The van der Waals surface area contributed by atoms with E-state index in [1.54, 1.807) is 7.11 Å². The molecule has 0 spiro atoms. The molecule has 1 fully saturated rings. The SMILES string of the molecule is COC(C)(C)CC(C)NC(C)C(=O)NC1CC1. The first-order chi connectivity index (χ1) is 7.84. The standard InChI is InChI=1S/C13H26N2O2/c1-9(8-13(3,4)17-5)14-10(2)12(16)15-11-6-7-11/h9-11,14H,6-8H2,1-5H3,(H,15,16). The van der Waals surface area contributed by atoms with Gasteiger partial charge in [0.25, 0.3) is 0 Å². The molecule has 17 heavy (non-hydrogen) atoms. The molecule has 1 amide bonds. The van der Waals surface area contributed by atoms with Gasteiger partial charge in [-0.25, -0.2) is 0 Å². The Morgan fingerprint density at radius 1 is 1.41 bits per heavy atom. The van der Waals surface area contributed by atoms with Crippen LogP contribution >= 0.6 is 0 Å². The maximum Gasteiger partial charge on any atom is 0.237 e. The number of methoxy groups -OCH3 is 1. The van der Waals surface area contributed by atoms with Gasteiger partial charge in [-0.1, -0.05) is 0 Å². The molecule has 1 saturated carbocycles. The molecule has 100 valence electrons. The molecule has 2 atom stereocenters. The molecule has 4 heteroatoms. The fourth-order valence-electron chi connectivity index (χ4n) is 1.94. The lowest BCUT2D eigenvalue weighted by atomic mass is 9.99. The van der Waals surface area contributed by atoms with Crippen molar-refractivity contribution in [2.24, 2.45) is 0 Å². The molecule has 2 N–H and O–H groups in total. The number of amides is 1. The van der Waals surface area contributed by atoms with E-state index in [9.17, 15) is 4.79 Å². The van der Waals surface area contributed by atoms with Gasteiger partial charge in [-0.3, -0.25) is 4.79 Å². The second-order valence-corrected chi connectivity index (χ2v) is 5.74. The minimum atomic E-state index is -0.154. The highest BCUT2D eigenvalue weighted by Crippen LogP contribution is 2.19. The first-order valence-corrected chi connectivity index (χ1v) is 6.45. The fourth-order valence-corrected chi connectivity index (χ4v) is 1.94. The fraction of sp³-hybridized carbons (Fsp3) is 0.923. The van der Waals surface area contributed by atoms with Gasteiger partial charge in [-0.15, -0.1) is 0 Å². The summed E-state index contributed by atoms with van der Waals surface area (Å²) in [7, 11) is 1.72. The average Bonchev–Trinajstić information content (AvgIpc) is 3.00. The normalized spacial score (nSPS) is 19.8. The van der Waals surface area contributed by atoms with E-state index < -0.39 is 0 Å². The van der Waals surface area contributed by atoms with Crippen LogP contribution < -0.4 is 10.6 Å². The third-order valence-corrected chi connectivity index (χ3v) is 3.20. The molecular formula is C13H26N2O2. The summed E-state index contributed by atoms with van der Waals surface area (Å²) < 4.78 is 5.38. The van der Waals surface area contributed by atoms with Crippen LogP contribution in [0.5, 0.6) is 0 Å². The summed E-state index contributed by atoms with van der Waals surface area (Å²) in [5.41, 5.74) is -0.154. The van der Waals surface area contributed by atoms with E-state index in [1.807, 2.05) is 6.92 Å². The molecule has 0 radical (unpaired) electrons. The van der Waals surface area contributed by atoms with Gasteiger partial charge in [0.2, 0.25) is 5.91 Å². The summed E-state index contributed by atoms with van der Waals surface area (Å²) >= 11 is 0. The van der Waals surface area contributed by atoms with E-state index in [0.717, 1.165) is 19.3 Å². The summed E-state index contributed by atoms with van der Waals surface area (Å²) in [5, 5.41) is 6.31. The molecule has 1 rings (SSSR count). The summed E-state index contributed by atoms with van der Waals surface area (Å²) in [6.45, 7) is 8.11. The Labute approximate surface area is 104 Å². The van der Waals surface area contributed by atoms with E-state index in [0.29, 0.717) is 6.04 Å². The van der Waals surface area contributed by atoms with E-state index in [1.165, 1.54) is 0 Å². The van der Waals surface area contributed by atoms with Crippen molar-refractivity contribution in [3.63, 3.8) is 0 Å². The van der Waals surface area contributed by atoms with Crippen LogP contribution in [-0.4, -0.2) is 36.7 Å². The molecule has 0 bridgehead atoms. The zero-order valence-electron chi connectivity index (χ0n) is 11.7. The van der Waals surface area contributed by atoms with Gasteiger partial charge in [0, 0.05) is 19.2 Å². The summed E-state index contributed by atoms with van der Waals surface area (Å²) in [4.78, 5) is 11.8. The van der Waals surface area contributed by atoms with Crippen molar-refractivity contribution in [2.45, 2.75) is 70.7 Å². The minimum absolute atomic E-state index is 0.106. The zero-order chi connectivity index (χ0) is 13.1. The van der Waals surface area contributed by atoms with Crippen LogP contribution in [0.1, 0.15) is 47.0 Å². The zero-order valence-corrected chi connectivity index (χ0v) is 11.7. The molecule has 4 nitrogen and oxygen atoms in total. The van der Waals surface area contributed by atoms with Crippen LogP contribution in [0.2, 0.25) is 0 Å². The van der Waals surface area contributed by atoms with Crippen molar-refractivity contribution in [1.82, 2.24) is 10.6 Å². The molecule has 2 unspecified atom stereocenters. The second-order valence-electron chi connectivity index (χ2n) is 5.74. The molecule has 0 saturated heterocycles. The van der Waals surface area contributed by atoms with Crippen molar-refractivity contribution in [3.05, 3.63) is 0 Å². The Morgan fingerprint density at radius 3 is 2.47 bits per heavy atom. The van der Waals surface area contributed by atoms with Crippen molar-refractivity contribution >= 4 is 5.91 Å². The van der Waals surface area contributed by atoms with Crippen LogP contribution in [-0.2, 0) is 9.53 Å². The Bertz CT molecular complexity index is 262. The highest BCUT2D eigenvalue weighted by Gasteiger charge is 2.27. The predicted molar refractivity (Wildman–Crippen MR) is 68.9 cm³/mol. The number of hydrogen-bond donors (Lipinski definition) is 2. The molecule has 0 heterocycles. The predicted octanol–water partition coefficient (Wildman–Crippen LogP) is 1.45. The lowest BCUT2D eigenvalue weighted by Gasteiger charge is -2.28. The third-order valence-electron chi connectivity index (χ3n) is 3.20. The van der Waals surface area contributed by atoms with Gasteiger partial charge in [0.05, 0.1) is 11.6 Å². The third kappa shape index (κ3) is 5.50. The largest absolute Gasteiger partial charge is 0.379 e. The average molecular weight is 242 g/mol. The van der Waals surface area contributed by atoms with Gasteiger partial charge in [-0.05, 0) is 47.0 Å². The van der Waals surface area contributed by atoms with Crippen molar-refractivity contribution in [2.75, 3.05) is 7.11 Å². The number of hydrogen-bond acceptors (Lipinski definition) is 3. The maximum absolute atomic E-state index is 11.8. The molecule has 0 aliphatic heterocycles. The quantitative estimate of drug-likeness (QED) is 0.710. The molecule has 0 aromatic rings. The smallest absolute Gasteiger partial charge is 0.237 e. The Kier molecular flexibility index (Phi) is 4.95. The Hall–Kier alpha value is -0.610. The summed E-state index contributed by atoms with van der Waals surface area (Å²) in [6.07, 6.45) is 3.14. The number of carbonyl (C=O) groups excluding carboxylic acids is 1. The number of rotatable bonds is 7. The van der Waals surface area contributed by atoms with Crippen LogP contribution in [0.25, 0.3) is 0 Å². The molecule has 0 aromatic carbocycles. The van der Waals surface area contributed by atoms with Crippen LogP contribution in [0, 0.1) is 0 Å². The van der Waals surface area contributed by atoms with Gasteiger partial charge >= 0.3 is 0 Å². The monoisotopic (exact) mass is 242 g/mol. The van der Waals surface area contributed by atoms with Crippen LogP contribution in [0.15, 0.2) is 0 Å². The van der Waals surface area contributed by atoms with Crippen LogP contribution in [0.3, 0.4) is 0 Å². The lowest BCUT2D eigenvalue weighted by Crippen LogP contribution is -2.48. The van der Waals surface area contributed by atoms with E-state index >= 15 is 0 Å². The molecule has 1 aliphatic rings. The lowest BCUT2D eigenvalue weighted by molar-refractivity contribution is -0.123. The highest BCUT2D eigenvalue weighted by atomic mass is 16.5. The number of nitrogens with one attached hydrogen (secondary N) is 2. The molecular weight excluding hydrogens is 216 g/mol. The first kappa shape index (κ1) is 14.5. The number of ether oxygens (including phenoxy) is 1. The maximum atomic E-state index is 11.8. The van der Waals surface area contributed by atoms with Gasteiger partial charge in [0.1, 0.15) is 0 Å². The van der Waals surface area contributed by atoms with Gasteiger partial charge in [-0.2, -0.15) is 0 Å². The van der Waals surface area contributed by atoms with Crippen LogP contribution in [0.4, 0.5) is 0 Å². The minimum Gasteiger partial charge on any atom is -0.379 e. The number of carbonyl (C=O) groups is 1. The highest BCUT2D eigenvalue weighted by molar-refractivity contribution is 5.81. The Balaban J connectivity index is 2.28. The van der Waals surface area contributed by atoms with E-state index in [4.69, 9.17) is 4.74 Å². The first-order valence-electron chi connectivity index (χ1n) is 6.45. The van der Waals surface area contributed by atoms with Crippen molar-refractivity contribution < 1.29 is 9.53 Å². The van der Waals surface area contributed by atoms with Gasteiger partial charge < -0.3 is 15.4 Å². The second kappa shape index (κ2) is 5.83. The van der Waals surface area contributed by atoms with Crippen molar-refractivity contribution in [3.8, 4) is 0 Å². The molecule has 0 aromatic heterocycles. The Morgan fingerprint density at radius 2 is 2.00 bits per heavy atom. The van der Waals surface area contributed by atoms with Gasteiger partial charge in [0.15, 0.2) is 0 Å². The van der Waals surface area contributed by atoms with E-state index in [2.05, 4.69) is 31.4 Å². The van der Waals surface area contributed by atoms with Crippen molar-refractivity contribution in [1.29, 1.82) is 0 Å². The van der Waals surface area contributed by atoms with E-state index in [-0.39, 0.29) is 23.6 Å².